The van der Waals surface area contributed by atoms with Crippen molar-refractivity contribution < 1.29 is 9.53 Å². The molecule has 2 heterocycles. The first-order chi connectivity index (χ1) is 12.7. The number of thiophene rings is 1. The smallest absolute Gasteiger partial charge is 0.224 e. The Balaban J connectivity index is 1.49. The number of nitrogens with one attached hydrogen (secondary N) is 2. The number of nitrogens with zero attached hydrogens (tertiary/aromatic N) is 1. The third-order valence-electron chi connectivity index (χ3n) is 4.09. The Labute approximate surface area is 157 Å². The van der Waals surface area contributed by atoms with E-state index in [9.17, 15) is 4.79 Å². The predicted octanol–water partition coefficient (Wildman–Crippen LogP) is 4.58. The van der Waals surface area contributed by atoms with Gasteiger partial charge in [0.2, 0.25) is 5.91 Å². The number of hydrogen-bond acceptors (Lipinski definition) is 5. The lowest BCUT2D eigenvalue weighted by atomic mass is 10.2. The standard InChI is InChI=1S/C20H23N3O2S/c1-14-13-26-20-18(14)22-11-16(19(20)21-2)23-17(24)9-6-10-25-12-15-7-4-3-5-8-15/h3-5,7-8,11,13H,6,9-10,12H2,1-2H3,(H,21,22)(H,23,24). The highest BCUT2D eigenvalue weighted by atomic mass is 32.1. The van der Waals surface area contributed by atoms with Gasteiger partial charge in [0.1, 0.15) is 0 Å². The molecule has 0 spiro atoms. The first kappa shape index (κ1) is 18.4. The van der Waals surface area contributed by atoms with Crippen LogP contribution in [0.5, 0.6) is 0 Å². The Morgan fingerprint density at radius 1 is 1.27 bits per heavy atom. The van der Waals surface area contributed by atoms with Crippen molar-refractivity contribution >= 4 is 38.8 Å². The van der Waals surface area contributed by atoms with Crippen molar-refractivity contribution in [3.8, 4) is 0 Å². The minimum Gasteiger partial charge on any atom is -0.385 e. The zero-order valence-corrected chi connectivity index (χ0v) is 15.9. The summed E-state index contributed by atoms with van der Waals surface area (Å²) in [6.07, 6.45) is 2.82. The molecule has 3 aromatic rings. The molecule has 0 aliphatic rings. The average Bonchev–Trinajstić information content (AvgIpc) is 3.03. The van der Waals surface area contributed by atoms with Gasteiger partial charge in [-0.2, -0.15) is 0 Å². The fourth-order valence-electron chi connectivity index (χ4n) is 2.75. The van der Waals surface area contributed by atoms with E-state index in [2.05, 4.69) is 21.0 Å². The molecule has 0 bridgehead atoms. The van der Waals surface area contributed by atoms with Crippen molar-refractivity contribution in [2.24, 2.45) is 0 Å². The maximum Gasteiger partial charge on any atom is 0.224 e. The lowest BCUT2D eigenvalue weighted by molar-refractivity contribution is -0.116. The van der Waals surface area contributed by atoms with Gasteiger partial charge in [0.25, 0.3) is 0 Å². The summed E-state index contributed by atoms with van der Waals surface area (Å²) in [6.45, 7) is 3.17. The molecule has 136 valence electrons. The van der Waals surface area contributed by atoms with Crippen molar-refractivity contribution in [3.05, 3.63) is 53.0 Å². The third-order valence-corrected chi connectivity index (χ3v) is 5.19. The van der Waals surface area contributed by atoms with Crippen LogP contribution in [0.1, 0.15) is 24.0 Å². The normalized spacial score (nSPS) is 10.8. The van der Waals surface area contributed by atoms with E-state index in [1.54, 1.807) is 17.5 Å². The number of fused-ring (bicyclic) bond motifs is 1. The molecular formula is C20H23N3O2S. The molecule has 0 saturated heterocycles. The van der Waals surface area contributed by atoms with E-state index in [1.807, 2.05) is 44.3 Å². The van der Waals surface area contributed by atoms with Crippen molar-refractivity contribution in [1.82, 2.24) is 4.98 Å². The van der Waals surface area contributed by atoms with E-state index in [-0.39, 0.29) is 5.91 Å². The van der Waals surface area contributed by atoms with Gasteiger partial charge in [-0.1, -0.05) is 30.3 Å². The summed E-state index contributed by atoms with van der Waals surface area (Å²) in [5.74, 6) is -0.0285. The van der Waals surface area contributed by atoms with Gasteiger partial charge in [0.15, 0.2) is 0 Å². The molecule has 1 amide bonds. The molecule has 6 heteroatoms. The molecule has 0 radical (unpaired) electrons. The fourth-order valence-corrected chi connectivity index (χ4v) is 3.81. The molecule has 1 aromatic carbocycles. The van der Waals surface area contributed by atoms with Crippen LogP contribution < -0.4 is 10.6 Å². The number of aryl methyl sites for hydroxylation is 1. The van der Waals surface area contributed by atoms with Gasteiger partial charge < -0.3 is 15.4 Å². The van der Waals surface area contributed by atoms with E-state index in [4.69, 9.17) is 4.74 Å². The quantitative estimate of drug-likeness (QED) is 0.571. The molecule has 0 unspecified atom stereocenters. The number of carbonyl (C=O) groups excluding carboxylic acids is 1. The number of benzene rings is 1. The van der Waals surface area contributed by atoms with Gasteiger partial charge >= 0.3 is 0 Å². The second kappa shape index (κ2) is 8.78. The highest BCUT2D eigenvalue weighted by Crippen LogP contribution is 2.35. The topological polar surface area (TPSA) is 63.2 Å². The highest BCUT2D eigenvalue weighted by Gasteiger charge is 2.13. The van der Waals surface area contributed by atoms with Crippen molar-refractivity contribution in [1.29, 1.82) is 0 Å². The zero-order chi connectivity index (χ0) is 18.4. The van der Waals surface area contributed by atoms with E-state index >= 15 is 0 Å². The van der Waals surface area contributed by atoms with Crippen LogP contribution in [0.2, 0.25) is 0 Å². The number of pyridine rings is 1. The largest absolute Gasteiger partial charge is 0.385 e. The van der Waals surface area contributed by atoms with Crippen LogP contribution in [0.4, 0.5) is 11.4 Å². The van der Waals surface area contributed by atoms with Crippen LogP contribution in [0.3, 0.4) is 0 Å². The van der Waals surface area contributed by atoms with Gasteiger partial charge in [-0.05, 0) is 29.9 Å². The summed E-state index contributed by atoms with van der Waals surface area (Å²) in [7, 11) is 1.86. The lowest BCUT2D eigenvalue weighted by Crippen LogP contribution is -2.14. The molecule has 0 fully saturated rings. The Hall–Kier alpha value is -2.44. The SMILES string of the molecule is CNc1c(NC(=O)CCCOCc2ccccc2)cnc2c(C)csc12. The van der Waals surface area contributed by atoms with Crippen LogP contribution in [0.15, 0.2) is 41.9 Å². The van der Waals surface area contributed by atoms with Crippen molar-refractivity contribution in [2.75, 3.05) is 24.3 Å². The molecular weight excluding hydrogens is 346 g/mol. The third kappa shape index (κ3) is 4.39. The summed E-state index contributed by atoms with van der Waals surface area (Å²) in [5, 5.41) is 8.22. The molecule has 0 atom stereocenters. The molecule has 3 rings (SSSR count). The summed E-state index contributed by atoms with van der Waals surface area (Å²) in [5.41, 5.74) is 4.90. The summed E-state index contributed by atoms with van der Waals surface area (Å²) in [4.78, 5) is 16.7. The van der Waals surface area contributed by atoms with Crippen molar-refractivity contribution in [3.63, 3.8) is 0 Å². The molecule has 0 aliphatic heterocycles. The Morgan fingerprint density at radius 2 is 2.08 bits per heavy atom. The molecule has 0 aliphatic carbocycles. The van der Waals surface area contributed by atoms with Gasteiger partial charge in [0, 0.05) is 20.1 Å². The number of ether oxygens (including phenoxy) is 1. The number of rotatable bonds is 8. The van der Waals surface area contributed by atoms with Gasteiger partial charge in [-0.15, -0.1) is 11.3 Å². The minimum absolute atomic E-state index is 0.0285. The number of anilines is 2. The van der Waals surface area contributed by atoms with E-state index in [1.165, 1.54) is 0 Å². The van der Waals surface area contributed by atoms with E-state index in [0.717, 1.165) is 32.7 Å². The van der Waals surface area contributed by atoms with Crippen LogP contribution >= 0.6 is 11.3 Å². The summed E-state index contributed by atoms with van der Waals surface area (Å²) in [6, 6.07) is 10.0. The number of aromatic nitrogens is 1. The van der Waals surface area contributed by atoms with Gasteiger partial charge in [-0.3, -0.25) is 9.78 Å². The molecule has 0 saturated carbocycles. The average molecular weight is 369 g/mol. The molecule has 2 aromatic heterocycles. The lowest BCUT2D eigenvalue weighted by Gasteiger charge is -2.11. The number of carbonyl (C=O) groups is 1. The second-order valence-corrected chi connectivity index (χ2v) is 6.96. The van der Waals surface area contributed by atoms with Gasteiger partial charge in [-0.25, -0.2) is 0 Å². The maximum absolute atomic E-state index is 12.2. The number of hydrogen-bond donors (Lipinski definition) is 2. The van der Waals surface area contributed by atoms with E-state index in [0.29, 0.717) is 26.1 Å². The maximum atomic E-state index is 12.2. The first-order valence-corrected chi connectivity index (χ1v) is 9.53. The van der Waals surface area contributed by atoms with Crippen LogP contribution in [-0.4, -0.2) is 24.5 Å². The van der Waals surface area contributed by atoms with Crippen LogP contribution in [0, 0.1) is 6.92 Å². The first-order valence-electron chi connectivity index (χ1n) is 8.65. The van der Waals surface area contributed by atoms with Crippen LogP contribution in [0.25, 0.3) is 10.2 Å². The zero-order valence-electron chi connectivity index (χ0n) is 15.0. The minimum atomic E-state index is -0.0285. The van der Waals surface area contributed by atoms with E-state index < -0.39 is 0 Å². The second-order valence-electron chi connectivity index (χ2n) is 6.08. The molecule has 26 heavy (non-hydrogen) atoms. The Kier molecular flexibility index (Phi) is 6.20. The van der Waals surface area contributed by atoms with Gasteiger partial charge in [0.05, 0.1) is 34.4 Å². The highest BCUT2D eigenvalue weighted by molar-refractivity contribution is 7.18. The monoisotopic (exact) mass is 369 g/mol. The molecule has 2 N–H and O–H groups in total. The fraction of sp³-hybridized carbons (Fsp3) is 0.300. The predicted molar refractivity (Wildman–Crippen MR) is 108 cm³/mol. The summed E-state index contributed by atoms with van der Waals surface area (Å²) >= 11 is 1.63. The number of amides is 1. The Bertz CT molecular complexity index is 877. The van der Waals surface area contributed by atoms with Crippen LogP contribution in [-0.2, 0) is 16.1 Å². The molecule has 5 nitrogen and oxygen atoms in total. The van der Waals surface area contributed by atoms with Crippen molar-refractivity contribution in [2.45, 2.75) is 26.4 Å². The summed E-state index contributed by atoms with van der Waals surface area (Å²) < 4.78 is 6.69. The Morgan fingerprint density at radius 3 is 2.85 bits per heavy atom.